The van der Waals surface area contributed by atoms with Crippen LogP contribution in [0, 0.1) is 0 Å². The second-order valence-corrected chi connectivity index (χ2v) is 4.50. The van der Waals surface area contributed by atoms with Crippen molar-refractivity contribution in [1.82, 2.24) is 0 Å². The Labute approximate surface area is 76.1 Å². The summed E-state index contributed by atoms with van der Waals surface area (Å²) in [5.41, 5.74) is 0. The van der Waals surface area contributed by atoms with Gasteiger partial charge < -0.3 is 9.22 Å². The van der Waals surface area contributed by atoms with Crippen molar-refractivity contribution in [3.8, 4) is 0 Å². The Hall–Kier alpha value is -0.0800. The average molecular weight is 172 g/mol. The molecule has 2 heteroatoms. The molecule has 72 valence electrons. The molecule has 0 N–H and O–H groups in total. The summed E-state index contributed by atoms with van der Waals surface area (Å²) in [5.74, 6) is 0. The average Bonchev–Trinajstić information content (AvgIpc) is 2.71. The summed E-state index contributed by atoms with van der Waals surface area (Å²) in [6.07, 6.45) is 4.62. The monoisotopic (exact) mass is 172 g/mol. The van der Waals surface area contributed by atoms with Gasteiger partial charge in [0, 0.05) is 0 Å². The first-order valence-corrected chi connectivity index (χ1v) is 5.07. The molecule has 2 nitrogen and oxygen atoms in total. The number of nitrogens with zero attached hydrogens (tertiary/aromatic N) is 1. The summed E-state index contributed by atoms with van der Waals surface area (Å²) >= 11 is 0. The third kappa shape index (κ3) is 4.07. The van der Waals surface area contributed by atoms with E-state index in [1.165, 1.54) is 32.4 Å². The van der Waals surface area contributed by atoms with Crippen LogP contribution in [0.15, 0.2) is 0 Å². The maximum absolute atomic E-state index is 5.24. The fourth-order valence-electron chi connectivity index (χ4n) is 1.61. The molecule has 1 fully saturated rings. The first kappa shape index (κ1) is 10.0. The Morgan fingerprint density at radius 3 is 2.50 bits per heavy atom. The third-order valence-electron chi connectivity index (χ3n) is 2.47. The summed E-state index contributed by atoms with van der Waals surface area (Å²) in [4.78, 5) is 0. The zero-order valence-electron chi connectivity index (χ0n) is 8.68. The van der Waals surface area contributed by atoms with Gasteiger partial charge in [-0.25, -0.2) is 0 Å². The molecule has 1 saturated heterocycles. The van der Waals surface area contributed by atoms with Gasteiger partial charge in [0.1, 0.15) is 12.6 Å². The molecule has 1 unspecified atom stereocenters. The highest BCUT2D eigenvalue weighted by Crippen LogP contribution is 2.14. The van der Waals surface area contributed by atoms with E-state index in [0.29, 0.717) is 6.10 Å². The molecular weight excluding hydrogens is 150 g/mol. The number of unbranched alkanes of at least 4 members (excludes halogenated alkanes) is 2. The van der Waals surface area contributed by atoms with E-state index in [0.717, 1.165) is 11.1 Å². The zero-order chi connectivity index (χ0) is 9.03. The van der Waals surface area contributed by atoms with Crippen LogP contribution in [0.25, 0.3) is 0 Å². The van der Waals surface area contributed by atoms with Gasteiger partial charge in [0.15, 0.2) is 0 Å². The van der Waals surface area contributed by atoms with Crippen molar-refractivity contribution in [2.24, 2.45) is 0 Å². The van der Waals surface area contributed by atoms with Crippen LogP contribution in [0.3, 0.4) is 0 Å². The summed E-state index contributed by atoms with van der Waals surface area (Å²) in [7, 11) is 4.61. The van der Waals surface area contributed by atoms with Gasteiger partial charge >= 0.3 is 0 Å². The number of quaternary nitrogens is 1. The van der Waals surface area contributed by atoms with Gasteiger partial charge in [-0.15, -0.1) is 0 Å². The molecule has 1 aliphatic heterocycles. The van der Waals surface area contributed by atoms with Gasteiger partial charge in [-0.2, -0.15) is 0 Å². The summed E-state index contributed by atoms with van der Waals surface area (Å²) in [6, 6.07) is 0. The molecule has 0 aromatic rings. The predicted octanol–water partition coefficient (Wildman–Crippen LogP) is 1.65. The number of hydrogen-bond donors (Lipinski definition) is 0. The van der Waals surface area contributed by atoms with E-state index in [2.05, 4.69) is 21.0 Å². The highest BCUT2D eigenvalue weighted by Gasteiger charge is 2.30. The van der Waals surface area contributed by atoms with Crippen LogP contribution in [0.2, 0.25) is 0 Å². The normalized spacial score (nSPS) is 22.8. The van der Waals surface area contributed by atoms with E-state index in [-0.39, 0.29) is 0 Å². The van der Waals surface area contributed by atoms with E-state index in [1.54, 1.807) is 0 Å². The Morgan fingerprint density at radius 1 is 1.33 bits per heavy atom. The van der Waals surface area contributed by atoms with Crippen LogP contribution in [0.5, 0.6) is 0 Å². The lowest BCUT2D eigenvalue weighted by Crippen LogP contribution is -2.43. The lowest BCUT2D eigenvalue weighted by molar-refractivity contribution is -0.891. The molecule has 0 aromatic heterocycles. The van der Waals surface area contributed by atoms with E-state index in [9.17, 15) is 0 Å². The Morgan fingerprint density at radius 2 is 2.00 bits per heavy atom. The quantitative estimate of drug-likeness (QED) is 0.337. The minimum Gasteiger partial charge on any atom is -0.367 e. The van der Waals surface area contributed by atoms with Crippen molar-refractivity contribution >= 4 is 0 Å². The molecule has 1 aliphatic rings. The fourth-order valence-corrected chi connectivity index (χ4v) is 1.61. The van der Waals surface area contributed by atoms with Crippen molar-refractivity contribution in [2.75, 3.05) is 33.8 Å². The lowest BCUT2D eigenvalue weighted by atomic mass is 10.2. The third-order valence-corrected chi connectivity index (χ3v) is 2.47. The number of ether oxygens (including phenoxy) is 1. The van der Waals surface area contributed by atoms with Gasteiger partial charge in [-0.05, 0) is 12.8 Å². The van der Waals surface area contributed by atoms with Gasteiger partial charge in [-0.1, -0.05) is 13.3 Å². The van der Waals surface area contributed by atoms with E-state index in [4.69, 9.17) is 4.74 Å². The molecule has 0 bridgehead atoms. The molecule has 0 saturated carbocycles. The second kappa shape index (κ2) is 4.24. The molecule has 1 atom stereocenters. The SMILES string of the molecule is CCCCC[N+](C)(C)CC1CO1. The summed E-state index contributed by atoms with van der Waals surface area (Å²) < 4.78 is 6.36. The van der Waals surface area contributed by atoms with Crippen LogP contribution < -0.4 is 0 Å². The van der Waals surface area contributed by atoms with Gasteiger partial charge in [-0.3, -0.25) is 0 Å². The van der Waals surface area contributed by atoms with E-state index in [1.807, 2.05) is 0 Å². The van der Waals surface area contributed by atoms with Crippen LogP contribution in [0.1, 0.15) is 26.2 Å². The highest BCUT2D eigenvalue weighted by molar-refractivity contribution is 4.67. The molecule has 0 radical (unpaired) electrons. The first-order chi connectivity index (χ1) is 5.64. The molecule has 0 aromatic carbocycles. The van der Waals surface area contributed by atoms with Gasteiger partial charge in [0.2, 0.25) is 0 Å². The van der Waals surface area contributed by atoms with Gasteiger partial charge in [0.05, 0.1) is 27.2 Å². The van der Waals surface area contributed by atoms with Crippen LogP contribution in [-0.4, -0.2) is 44.4 Å². The van der Waals surface area contributed by atoms with Gasteiger partial charge in [0.25, 0.3) is 0 Å². The van der Waals surface area contributed by atoms with Crippen molar-refractivity contribution < 1.29 is 9.22 Å². The smallest absolute Gasteiger partial charge is 0.130 e. The topological polar surface area (TPSA) is 12.5 Å². The fraction of sp³-hybridized carbons (Fsp3) is 1.00. The number of hydrogen-bond acceptors (Lipinski definition) is 1. The zero-order valence-corrected chi connectivity index (χ0v) is 8.68. The second-order valence-electron chi connectivity index (χ2n) is 4.50. The van der Waals surface area contributed by atoms with E-state index < -0.39 is 0 Å². The van der Waals surface area contributed by atoms with Crippen molar-refractivity contribution in [3.63, 3.8) is 0 Å². The van der Waals surface area contributed by atoms with Crippen LogP contribution in [0.4, 0.5) is 0 Å². The molecule has 1 heterocycles. The van der Waals surface area contributed by atoms with Crippen LogP contribution in [-0.2, 0) is 4.74 Å². The highest BCUT2D eigenvalue weighted by atomic mass is 16.6. The maximum Gasteiger partial charge on any atom is 0.130 e. The minimum atomic E-state index is 0.571. The Kier molecular flexibility index (Phi) is 3.53. The number of likely N-dealkylation sites (N-methyl/N-ethyl adjacent to an activating group) is 1. The molecular formula is C10H22NO+. The lowest BCUT2D eigenvalue weighted by Gasteiger charge is -2.29. The molecule has 0 aliphatic carbocycles. The number of rotatable bonds is 6. The predicted molar refractivity (Wildman–Crippen MR) is 51.1 cm³/mol. The van der Waals surface area contributed by atoms with Crippen molar-refractivity contribution in [2.45, 2.75) is 32.3 Å². The Bertz CT molecular complexity index is 130. The minimum absolute atomic E-state index is 0.571. The summed E-state index contributed by atoms with van der Waals surface area (Å²) in [5, 5.41) is 0. The summed E-state index contributed by atoms with van der Waals surface area (Å²) in [6.45, 7) is 5.75. The van der Waals surface area contributed by atoms with E-state index >= 15 is 0 Å². The first-order valence-electron chi connectivity index (χ1n) is 5.07. The maximum atomic E-state index is 5.24. The van der Waals surface area contributed by atoms with Crippen molar-refractivity contribution in [1.29, 1.82) is 0 Å². The van der Waals surface area contributed by atoms with Crippen molar-refractivity contribution in [3.05, 3.63) is 0 Å². The Balaban J connectivity index is 2.08. The standard InChI is InChI=1S/C10H22NO/c1-4-5-6-7-11(2,3)8-10-9-12-10/h10H,4-9H2,1-3H3/q+1. The molecule has 12 heavy (non-hydrogen) atoms. The largest absolute Gasteiger partial charge is 0.367 e. The molecule has 0 spiro atoms. The number of epoxide rings is 1. The molecule has 1 rings (SSSR count). The molecule has 0 amide bonds. The van der Waals surface area contributed by atoms with Crippen LogP contribution >= 0.6 is 0 Å².